The van der Waals surface area contributed by atoms with Crippen molar-refractivity contribution in [1.82, 2.24) is 14.7 Å². The molecule has 0 spiro atoms. The number of hydrogen-bond acceptors (Lipinski definition) is 3. The van der Waals surface area contributed by atoms with Gasteiger partial charge in [0.2, 0.25) is 10.0 Å². The van der Waals surface area contributed by atoms with Gasteiger partial charge in [-0.2, -0.15) is 0 Å². The van der Waals surface area contributed by atoms with Gasteiger partial charge in [0.05, 0.1) is 10.9 Å². The first kappa shape index (κ1) is 19.2. The Bertz CT molecular complexity index is 1050. The number of pyridine rings is 1. The molecule has 28 heavy (non-hydrogen) atoms. The van der Waals surface area contributed by atoms with Gasteiger partial charge in [-0.15, -0.1) is 0 Å². The van der Waals surface area contributed by atoms with Gasteiger partial charge in [0.15, 0.2) is 0 Å². The van der Waals surface area contributed by atoms with Crippen LogP contribution in [-0.2, 0) is 10.0 Å². The van der Waals surface area contributed by atoms with Crippen LogP contribution in [0.5, 0.6) is 0 Å². The molecule has 3 aromatic rings. The third-order valence-electron chi connectivity index (χ3n) is 5.72. The molecular formula is C22H27N3O2S. The molecule has 2 N–H and O–H groups in total. The molecule has 148 valence electrons. The molecule has 0 amide bonds. The van der Waals surface area contributed by atoms with E-state index in [0.29, 0.717) is 5.92 Å². The second-order valence-corrected chi connectivity index (χ2v) is 10.3. The summed E-state index contributed by atoms with van der Waals surface area (Å²) in [4.78, 5) is 8.00. The Morgan fingerprint density at radius 3 is 2.54 bits per heavy atom. The van der Waals surface area contributed by atoms with Gasteiger partial charge >= 0.3 is 0 Å². The van der Waals surface area contributed by atoms with Crippen LogP contribution < -0.4 is 4.72 Å². The summed E-state index contributed by atoms with van der Waals surface area (Å²) >= 11 is 0. The second kappa shape index (κ2) is 7.68. The van der Waals surface area contributed by atoms with Crippen LogP contribution in [0.4, 0.5) is 0 Å². The summed E-state index contributed by atoms with van der Waals surface area (Å²) in [5, 5.41) is 0.813. The van der Waals surface area contributed by atoms with Gasteiger partial charge in [-0.3, -0.25) is 4.98 Å². The van der Waals surface area contributed by atoms with Gasteiger partial charge in [0.1, 0.15) is 0 Å². The van der Waals surface area contributed by atoms with Gasteiger partial charge < -0.3 is 4.98 Å². The molecule has 0 radical (unpaired) electrons. The summed E-state index contributed by atoms with van der Waals surface area (Å²) in [6, 6.07) is 14.6. The van der Waals surface area contributed by atoms with Gasteiger partial charge in [0.25, 0.3) is 0 Å². The van der Waals surface area contributed by atoms with E-state index >= 15 is 0 Å². The van der Waals surface area contributed by atoms with Crippen molar-refractivity contribution >= 4 is 20.9 Å². The smallest absolute Gasteiger partial charge is 0.214 e. The zero-order chi connectivity index (χ0) is 19.7. The monoisotopic (exact) mass is 397 g/mol. The molecule has 1 aliphatic rings. The maximum atomic E-state index is 12.1. The predicted octanol–water partition coefficient (Wildman–Crippen LogP) is 4.58. The van der Waals surface area contributed by atoms with Crippen LogP contribution >= 0.6 is 0 Å². The molecule has 0 saturated heterocycles. The number of aromatic amines is 1. The molecule has 0 bridgehead atoms. The van der Waals surface area contributed by atoms with Crippen LogP contribution in [0.1, 0.15) is 51.1 Å². The molecule has 4 rings (SSSR count). The van der Waals surface area contributed by atoms with E-state index in [0.717, 1.165) is 42.5 Å². The standard InChI is InChI=1S/C22H27N3O2S/c1-15(2)28(26,27)25-19-9-6-16(7-10-19)22-14-18-13-17(8-11-21(18)24-22)20-5-3-4-12-23-20/h3-5,8,11-16,19,24-25H,6-7,9-10H2,1-2H3. The lowest BCUT2D eigenvalue weighted by molar-refractivity contribution is 0.370. The number of nitrogens with zero attached hydrogens (tertiary/aromatic N) is 1. The van der Waals surface area contributed by atoms with Crippen molar-refractivity contribution in [1.29, 1.82) is 0 Å². The van der Waals surface area contributed by atoms with Crippen LogP contribution in [-0.4, -0.2) is 29.7 Å². The molecule has 1 fully saturated rings. The van der Waals surface area contributed by atoms with E-state index < -0.39 is 10.0 Å². The van der Waals surface area contributed by atoms with Crippen molar-refractivity contribution in [3.8, 4) is 11.3 Å². The lowest BCUT2D eigenvalue weighted by atomic mass is 9.84. The third-order valence-corrected chi connectivity index (χ3v) is 7.62. The lowest BCUT2D eigenvalue weighted by Crippen LogP contribution is -2.40. The summed E-state index contributed by atoms with van der Waals surface area (Å²) in [5.41, 5.74) is 4.48. The fourth-order valence-corrected chi connectivity index (χ4v) is 4.93. The minimum Gasteiger partial charge on any atom is -0.358 e. The van der Waals surface area contributed by atoms with E-state index in [2.05, 4.69) is 39.0 Å². The lowest BCUT2D eigenvalue weighted by Gasteiger charge is -2.29. The summed E-state index contributed by atoms with van der Waals surface area (Å²) in [7, 11) is -3.20. The van der Waals surface area contributed by atoms with E-state index in [1.54, 1.807) is 13.8 Å². The average Bonchev–Trinajstić information content (AvgIpc) is 3.12. The van der Waals surface area contributed by atoms with Crippen LogP contribution in [0.15, 0.2) is 48.7 Å². The van der Waals surface area contributed by atoms with Crippen molar-refractivity contribution in [2.75, 3.05) is 0 Å². The van der Waals surface area contributed by atoms with Crippen molar-refractivity contribution in [3.05, 3.63) is 54.4 Å². The zero-order valence-corrected chi connectivity index (χ0v) is 17.2. The molecule has 2 heterocycles. The van der Waals surface area contributed by atoms with Crippen LogP contribution in [0.2, 0.25) is 0 Å². The summed E-state index contributed by atoms with van der Waals surface area (Å²) < 4.78 is 27.1. The Kier molecular flexibility index (Phi) is 5.25. The third kappa shape index (κ3) is 3.98. The van der Waals surface area contributed by atoms with Crippen molar-refractivity contribution < 1.29 is 8.42 Å². The SMILES string of the molecule is CC(C)S(=O)(=O)NC1CCC(c2cc3cc(-c4ccccn4)ccc3[nH]2)CC1. The molecule has 6 heteroatoms. The van der Waals surface area contributed by atoms with Crippen molar-refractivity contribution in [3.63, 3.8) is 0 Å². The van der Waals surface area contributed by atoms with Crippen LogP contribution in [0.3, 0.4) is 0 Å². The van der Waals surface area contributed by atoms with Gasteiger partial charge in [-0.25, -0.2) is 13.1 Å². The molecule has 0 atom stereocenters. The molecule has 1 saturated carbocycles. The molecule has 0 aliphatic heterocycles. The Hall–Kier alpha value is -2.18. The Morgan fingerprint density at radius 1 is 1.07 bits per heavy atom. The molecule has 2 aromatic heterocycles. The van der Waals surface area contributed by atoms with Crippen LogP contribution in [0.25, 0.3) is 22.2 Å². The zero-order valence-electron chi connectivity index (χ0n) is 16.4. The van der Waals surface area contributed by atoms with Gasteiger partial charge in [-0.05, 0) is 75.8 Å². The summed E-state index contributed by atoms with van der Waals surface area (Å²) in [6.07, 6.45) is 5.56. The number of rotatable bonds is 5. The molecule has 0 unspecified atom stereocenters. The first-order valence-electron chi connectivity index (χ1n) is 9.97. The van der Waals surface area contributed by atoms with E-state index in [1.807, 2.05) is 24.4 Å². The highest BCUT2D eigenvalue weighted by Crippen LogP contribution is 2.35. The number of aromatic nitrogens is 2. The fraction of sp³-hybridized carbons (Fsp3) is 0.409. The van der Waals surface area contributed by atoms with Gasteiger partial charge in [0, 0.05) is 34.4 Å². The molecule has 1 aliphatic carbocycles. The number of benzene rings is 1. The number of fused-ring (bicyclic) bond motifs is 1. The fourth-order valence-electron chi connectivity index (χ4n) is 3.96. The predicted molar refractivity (Wildman–Crippen MR) is 114 cm³/mol. The van der Waals surface area contributed by atoms with Gasteiger partial charge in [-0.1, -0.05) is 12.1 Å². The Balaban J connectivity index is 1.47. The number of hydrogen-bond donors (Lipinski definition) is 2. The van der Waals surface area contributed by atoms with Crippen molar-refractivity contribution in [2.24, 2.45) is 0 Å². The minimum absolute atomic E-state index is 0.0591. The molecule has 1 aromatic carbocycles. The topological polar surface area (TPSA) is 74.8 Å². The quantitative estimate of drug-likeness (QED) is 0.661. The van der Waals surface area contributed by atoms with E-state index in [9.17, 15) is 8.42 Å². The Morgan fingerprint density at radius 2 is 1.86 bits per heavy atom. The number of sulfonamides is 1. The maximum absolute atomic E-state index is 12.1. The minimum atomic E-state index is -3.20. The highest BCUT2D eigenvalue weighted by atomic mass is 32.2. The molecule has 5 nitrogen and oxygen atoms in total. The first-order chi connectivity index (χ1) is 13.4. The number of nitrogens with one attached hydrogen (secondary N) is 2. The second-order valence-electron chi connectivity index (χ2n) is 8.00. The average molecular weight is 398 g/mol. The molecular weight excluding hydrogens is 370 g/mol. The maximum Gasteiger partial charge on any atom is 0.214 e. The van der Waals surface area contributed by atoms with E-state index in [-0.39, 0.29) is 11.3 Å². The highest BCUT2D eigenvalue weighted by Gasteiger charge is 2.27. The normalized spacial score (nSPS) is 20.7. The number of H-pyrrole nitrogens is 1. The highest BCUT2D eigenvalue weighted by molar-refractivity contribution is 7.90. The Labute approximate surface area is 166 Å². The van der Waals surface area contributed by atoms with E-state index in [4.69, 9.17) is 0 Å². The van der Waals surface area contributed by atoms with Crippen LogP contribution in [0, 0.1) is 0 Å². The van der Waals surface area contributed by atoms with Crippen molar-refractivity contribution in [2.45, 2.75) is 56.7 Å². The summed E-state index contributed by atoms with van der Waals surface area (Å²) in [6.45, 7) is 3.44. The van der Waals surface area contributed by atoms with E-state index in [1.165, 1.54) is 11.1 Å². The first-order valence-corrected chi connectivity index (χ1v) is 11.5. The largest absolute Gasteiger partial charge is 0.358 e. The summed E-state index contributed by atoms with van der Waals surface area (Å²) in [5.74, 6) is 0.450.